The third-order valence-corrected chi connectivity index (χ3v) is 4.57. The Balaban J connectivity index is 1.69. The number of rotatable bonds is 1. The highest BCUT2D eigenvalue weighted by Gasteiger charge is 2.31. The molecular weight excluding hydrogens is 248 g/mol. The molecule has 2 aliphatic rings. The van der Waals surface area contributed by atoms with Crippen molar-refractivity contribution < 1.29 is 4.79 Å². The Morgan fingerprint density at radius 2 is 1.80 bits per heavy atom. The van der Waals surface area contributed by atoms with Gasteiger partial charge < -0.3 is 10.2 Å². The third kappa shape index (κ3) is 2.73. The van der Waals surface area contributed by atoms with Crippen LogP contribution in [0.1, 0.15) is 31.4 Å². The summed E-state index contributed by atoms with van der Waals surface area (Å²) in [6.45, 7) is 6.01. The average Bonchev–Trinajstić information content (AvgIpc) is 2.45. The number of carbonyl (C=O) groups is 1. The average molecular weight is 272 g/mol. The zero-order valence-electron chi connectivity index (χ0n) is 12.4. The largest absolute Gasteiger partial charge is 0.339 e. The topological polar surface area (TPSA) is 32.3 Å². The molecule has 0 bridgehead atoms. The van der Waals surface area contributed by atoms with Crippen LogP contribution in [0, 0.1) is 5.92 Å². The molecule has 1 saturated heterocycles. The first-order valence-electron chi connectivity index (χ1n) is 7.75. The first-order chi connectivity index (χ1) is 9.63. The van der Waals surface area contributed by atoms with Gasteiger partial charge in [-0.2, -0.15) is 0 Å². The van der Waals surface area contributed by atoms with Crippen molar-refractivity contribution in [1.82, 2.24) is 10.2 Å². The molecule has 1 aromatic rings. The molecule has 1 aromatic carbocycles. The summed E-state index contributed by atoms with van der Waals surface area (Å²) in [6, 6.07) is 9.36. The Labute approximate surface area is 121 Å². The smallest absolute Gasteiger partial charge is 0.226 e. The highest BCUT2D eigenvalue weighted by molar-refractivity contribution is 5.79. The summed E-state index contributed by atoms with van der Waals surface area (Å²) in [5.41, 5.74) is 2.80. The minimum absolute atomic E-state index is 0.183. The number of carbonyl (C=O) groups excluding carboxylic acids is 1. The molecule has 20 heavy (non-hydrogen) atoms. The predicted molar refractivity (Wildman–Crippen MR) is 80.6 cm³/mol. The third-order valence-electron chi connectivity index (χ3n) is 4.57. The minimum atomic E-state index is 0.183. The van der Waals surface area contributed by atoms with Crippen molar-refractivity contribution in [3.8, 4) is 0 Å². The fraction of sp³-hybridized carbons (Fsp3) is 0.588. The Bertz CT molecular complexity index is 490. The monoisotopic (exact) mass is 272 g/mol. The molecule has 3 nitrogen and oxygen atoms in total. The van der Waals surface area contributed by atoms with Gasteiger partial charge in [-0.05, 0) is 44.2 Å². The second kappa shape index (κ2) is 5.57. The van der Waals surface area contributed by atoms with Crippen LogP contribution in [0.2, 0.25) is 0 Å². The molecule has 1 fully saturated rings. The molecule has 0 saturated carbocycles. The van der Waals surface area contributed by atoms with Crippen LogP contribution < -0.4 is 5.32 Å². The first-order valence-corrected chi connectivity index (χ1v) is 7.75. The molecule has 1 amide bonds. The van der Waals surface area contributed by atoms with Crippen molar-refractivity contribution in [2.45, 2.75) is 45.2 Å². The molecule has 0 spiro atoms. The van der Waals surface area contributed by atoms with Crippen LogP contribution in [0.25, 0.3) is 0 Å². The molecule has 1 aliphatic carbocycles. The van der Waals surface area contributed by atoms with E-state index in [-0.39, 0.29) is 5.92 Å². The van der Waals surface area contributed by atoms with Crippen LogP contribution in [0.5, 0.6) is 0 Å². The van der Waals surface area contributed by atoms with Gasteiger partial charge in [0.05, 0.1) is 0 Å². The molecule has 1 heterocycles. The van der Waals surface area contributed by atoms with Gasteiger partial charge in [0.15, 0.2) is 0 Å². The molecule has 108 valence electrons. The number of piperazine rings is 1. The van der Waals surface area contributed by atoms with Crippen molar-refractivity contribution in [1.29, 1.82) is 0 Å². The van der Waals surface area contributed by atoms with Crippen molar-refractivity contribution in [2.24, 2.45) is 5.92 Å². The predicted octanol–water partition coefficient (Wildman–Crippen LogP) is 2.00. The van der Waals surface area contributed by atoms with E-state index in [0.29, 0.717) is 18.0 Å². The summed E-state index contributed by atoms with van der Waals surface area (Å²) >= 11 is 0. The minimum Gasteiger partial charge on any atom is -0.339 e. The molecule has 1 N–H and O–H groups in total. The van der Waals surface area contributed by atoms with Crippen LogP contribution in [0.15, 0.2) is 24.3 Å². The quantitative estimate of drug-likeness (QED) is 0.848. The summed E-state index contributed by atoms with van der Waals surface area (Å²) in [7, 11) is 0. The molecular formula is C17H24N2O. The molecule has 0 radical (unpaired) electrons. The molecule has 3 unspecified atom stereocenters. The second-order valence-electron chi connectivity index (χ2n) is 6.42. The van der Waals surface area contributed by atoms with E-state index in [1.54, 1.807) is 0 Å². The molecule has 3 heteroatoms. The van der Waals surface area contributed by atoms with Crippen LogP contribution in [-0.4, -0.2) is 36.0 Å². The number of aryl methyl sites for hydroxylation is 1. The van der Waals surface area contributed by atoms with Gasteiger partial charge in [0.25, 0.3) is 0 Å². The normalized spacial score (nSPS) is 29.9. The number of benzene rings is 1. The lowest BCUT2D eigenvalue weighted by molar-refractivity contribution is -0.137. The van der Waals surface area contributed by atoms with Gasteiger partial charge >= 0.3 is 0 Å². The Kier molecular flexibility index (Phi) is 3.79. The number of hydrogen-bond donors (Lipinski definition) is 1. The van der Waals surface area contributed by atoms with Gasteiger partial charge in [-0.15, -0.1) is 0 Å². The van der Waals surface area contributed by atoms with Gasteiger partial charge in [0, 0.05) is 31.1 Å². The van der Waals surface area contributed by atoms with E-state index in [1.165, 1.54) is 11.1 Å². The fourth-order valence-corrected chi connectivity index (χ4v) is 3.67. The van der Waals surface area contributed by atoms with Gasteiger partial charge in [-0.25, -0.2) is 0 Å². The van der Waals surface area contributed by atoms with E-state index >= 15 is 0 Å². The fourth-order valence-electron chi connectivity index (χ4n) is 3.67. The second-order valence-corrected chi connectivity index (χ2v) is 6.42. The van der Waals surface area contributed by atoms with Gasteiger partial charge in [-0.1, -0.05) is 24.3 Å². The van der Waals surface area contributed by atoms with Crippen molar-refractivity contribution in [3.63, 3.8) is 0 Å². The molecule has 0 aromatic heterocycles. The van der Waals surface area contributed by atoms with Crippen molar-refractivity contribution in [3.05, 3.63) is 35.4 Å². The Hall–Kier alpha value is -1.35. The van der Waals surface area contributed by atoms with E-state index in [1.807, 2.05) is 0 Å². The number of nitrogens with one attached hydrogen (secondary N) is 1. The van der Waals surface area contributed by atoms with E-state index in [2.05, 4.69) is 48.3 Å². The summed E-state index contributed by atoms with van der Waals surface area (Å²) < 4.78 is 0. The molecule has 1 aliphatic heterocycles. The van der Waals surface area contributed by atoms with Crippen molar-refractivity contribution >= 4 is 5.91 Å². The van der Waals surface area contributed by atoms with Gasteiger partial charge in [0.1, 0.15) is 0 Å². The summed E-state index contributed by atoms with van der Waals surface area (Å²) in [4.78, 5) is 14.8. The van der Waals surface area contributed by atoms with Gasteiger partial charge in [0.2, 0.25) is 5.91 Å². The lowest BCUT2D eigenvalue weighted by Gasteiger charge is -2.38. The lowest BCUT2D eigenvalue weighted by atomic mass is 9.83. The Morgan fingerprint density at radius 3 is 2.50 bits per heavy atom. The van der Waals surface area contributed by atoms with E-state index in [0.717, 1.165) is 32.4 Å². The molecule has 3 atom stereocenters. The maximum atomic E-state index is 12.8. The van der Waals surface area contributed by atoms with Crippen LogP contribution >= 0.6 is 0 Å². The molecule has 3 rings (SSSR count). The number of nitrogens with zero attached hydrogens (tertiary/aromatic N) is 1. The lowest BCUT2D eigenvalue weighted by Crippen LogP contribution is -2.57. The summed E-state index contributed by atoms with van der Waals surface area (Å²) in [5, 5.41) is 3.49. The van der Waals surface area contributed by atoms with Crippen LogP contribution in [0.4, 0.5) is 0 Å². The standard InChI is InChI=1S/C17H24N2O/c1-12-10-19(11-13(2)18-12)17(20)16-8-7-14-5-3-4-6-15(14)9-16/h3-6,12-13,16,18H,7-11H2,1-2H3. The van der Waals surface area contributed by atoms with E-state index in [9.17, 15) is 4.79 Å². The summed E-state index contributed by atoms with van der Waals surface area (Å²) in [6.07, 6.45) is 2.97. The van der Waals surface area contributed by atoms with Crippen LogP contribution in [0.3, 0.4) is 0 Å². The SMILES string of the molecule is CC1CN(C(=O)C2CCc3ccccc3C2)CC(C)N1. The van der Waals surface area contributed by atoms with Gasteiger partial charge in [-0.3, -0.25) is 4.79 Å². The highest BCUT2D eigenvalue weighted by atomic mass is 16.2. The van der Waals surface area contributed by atoms with Crippen molar-refractivity contribution in [2.75, 3.05) is 13.1 Å². The van der Waals surface area contributed by atoms with E-state index in [4.69, 9.17) is 0 Å². The Morgan fingerprint density at radius 1 is 1.15 bits per heavy atom. The zero-order chi connectivity index (χ0) is 14.1. The summed E-state index contributed by atoms with van der Waals surface area (Å²) in [5.74, 6) is 0.544. The number of hydrogen-bond acceptors (Lipinski definition) is 2. The zero-order valence-corrected chi connectivity index (χ0v) is 12.4. The number of fused-ring (bicyclic) bond motifs is 1. The highest BCUT2D eigenvalue weighted by Crippen LogP contribution is 2.27. The van der Waals surface area contributed by atoms with Crippen LogP contribution in [-0.2, 0) is 17.6 Å². The maximum absolute atomic E-state index is 12.8. The number of amides is 1. The first kappa shape index (κ1) is 13.6. The van der Waals surface area contributed by atoms with E-state index < -0.39 is 0 Å². The maximum Gasteiger partial charge on any atom is 0.226 e.